The first-order valence-electron chi connectivity index (χ1n) is 5.14. The van der Waals surface area contributed by atoms with Crippen LogP contribution in [0.5, 0.6) is 0 Å². The van der Waals surface area contributed by atoms with Gasteiger partial charge < -0.3 is 9.52 Å². The highest BCUT2D eigenvalue weighted by Crippen LogP contribution is 2.38. The minimum atomic E-state index is -1.01. The largest absolute Gasteiger partial charge is 0.478 e. The van der Waals surface area contributed by atoms with Crippen molar-refractivity contribution in [3.63, 3.8) is 0 Å². The van der Waals surface area contributed by atoms with Crippen molar-refractivity contribution in [3.8, 4) is 10.8 Å². The second-order valence-corrected chi connectivity index (χ2v) is 6.93. The van der Waals surface area contributed by atoms with Gasteiger partial charge in [-0.1, -0.05) is 6.07 Å². The van der Waals surface area contributed by atoms with Crippen molar-refractivity contribution in [2.24, 2.45) is 0 Å². The van der Waals surface area contributed by atoms with Crippen LogP contribution in [0.15, 0.2) is 36.9 Å². The number of halogens is 2. The molecule has 0 spiro atoms. The number of aromatic carboxylic acids is 1. The Bertz CT molecular complexity index is 774. The Morgan fingerprint density at radius 3 is 2.79 bits per heavy atom. The van der Waals surface area contributed by atoms with Gasteiger partial charge in [0.05, 0.1) is 14.2 Å². The summed E-state index contributed by atoms with van der Waals surface area (Å²) in [5, 5.41) is 9.12. The van der Waals surface area contributed by atoms with Crippen LogP contribution in [-0.2, 0) is 0 Å². The van der Waals surface area contributed by atoms with Gasteiger partial charge in [0.2, 0.25) is 5.89 Å². The van der Waals surface area contributed by atoms with Gasteiger partial charge in [0.15, 0.2) is 5.58 Å². The molecule has 0 aliphatic heterocycles. The lowest BCUT2D eigenvalue weighted by Crippen LogP contribution is -1.96. The lowest BCUT2D eigenvalue weighted by atomic mass is 10.2. The fourth-order valence-electron chi connectivity index (χ4n) is 1.68. The van der Waals surface area contributed by atoms with Crippen LogP contribution in [0.2, 0.25) is 0 Å². The van der Waals surface area contributed by atoms with E-state index in [-0.39, 0.29) is 5.56 Å². The number of nitrogens with zero attached hydrogens (tertiary/aromatic N) is 1. The molecule has 2 heterocycles. The molecule has 0 amide bonds. The topological polar surface area (TPSA) is 63.3 Å². The van der Waals surface area contributed by atoms with Gasteiger partial charge in [-0.2, -0.15) is 0 Å². The van der Waals surface area contributed by atoms with Gasteiger partial charge in [-0.05, 0) is 50.1 Å². The number of aromatic nitrogens is 1. The molecule has 1 N–H and O–H groups in total. The third-order valence-electron chi connectivity index (χ3n) is 2.51. The number of carboxylic acid groups (broad SMARTS) is 1. The van der Waals surface area contributed by atoms with E-state index in [1.807, 2.05) is 6.07 Å². The molecule has 1 aromatic carbocycles. The second kappa shape index (κ2) is 4.73. The first-order valence-corrected chi connectivity index (χ1v) is 7.54. The van der Waals surface area contributed by atoms with Crippen LogP contribution in [0.25, 0.3) is 21.9 Å². The summed E-state index contributed by atoms with van der Waals surface area (Å²) in [6.45, 7) is 0. The number of oxazole rings is 1. The normalized spacial score (nSPS) is 11.1. The van der Waals surface area contributed by atoms with E-state index in [2.05, 4.69) is 36.8 Å². The van der Waals surface area contributed by atoms with Gasteiger partial charge in [0.25, 0.3) is 0 Å². The Balaban J connectivity index is 2.21. The van der Waals surface area contributed by atoms with E-state index in [0.29, 0.717) is 17.0 Å². The number of hydrogen-bond donors (Lipinski definition) is 1. The van der Waals surface area contributed by atoms with E-state index in [4.69, 9.17) is 9.52 Å². The van der Waals surface area contributed by atoms with Crippen LogP contribution >= 0.6 is 43.2 Å². The minimum absolute atomic E-state index is 0.141. The third-order valence-corrected chi connectivity index (χ3v) is 5.75. The van der Waals surface area contributed by atoms with Crippen molar-refractivity contribution in [1.82, 2.24) is 4.98 Å². The van der Waals surface area contributed by atoms with E-state index in [0.717, 1.165) is 13.1 Å². The summed E-state index contributed by atoms with van der Waals surface area (Å²) in [4.78, 5) is 16.2. The lowest BCUT2D eigenvalue weighted by molar-refractivity contribution is 0.0699. The Kier molecular flexibility index (Phi) is 3.20. The average Bonchev–Trinajstić information content (AvgIpc) is 2.93. The molecule has 0 radical (unpaired) electrons. The van der Waals surface area contributed by atoms with Gasteiger partial charge in [0.1, 0.15) is 5.52 Å². The Morgan fingerprint density at radius 1 is 1.37 bits per heavy atom. The molecular weight excluding hydrogens is 398 g/mol. The summed E-state index contributed by atoms with van der Waals surface area (Å²) in [5.41, 5.74) is 0.975. The van der Waals surface area contributed by atoms with E-state index in [1.54, 1.807) is 12.1 Å². The highest BCUT2D eigenvalue weighted by atomic mass is 79.9. The van der Waals surface area contributed by atoms with Crippen LogP contribution in [0.3, 0.4) is 0 Å². The highest BCUT2D eigenvalue weighted by molar-refractivity contribution is 9.13. The monoisotopic (exact) mass is 401 g/mol. The summed E-state index contributed by atoms with van der Waals surface area (Å²) in [5.74, 6) is -0.598. The number of benzene rings is 1. The zero-order chi connectivity index (χ0) is 13.6. The summed E-state index contributed by atoms with van der Waals surface area (Å²) >= 11 is 8.26. The predicted molar refractivity (Wildman–Crippen MR) is 79.7 cm³/mol. The molecular formula is C12H5Br2NO3S. The van der Waals surface area contributed by atoms with Crippen LogP contribution in [0, 0.1) is 0 Å². The maximum Gasteiger partial charge on any atom is 0.338 e. The van der Waals surface area contributed by atoms with E-state index in [9.17, 15) is 4.79 Å². The van der Waals surface area contributed by atoms with Crippen molar-refractivity contribution in [1.29, 1.82) is 0 Å². The molecule has 0 saturated heterocycles. The lowest BCUT2D eigenvalue weighted by Gasteiger charge is -1.92. The zero-order valence-corrected chi connectivity index (χ0v) is 13.2. The molecule has 0 aliphatic rings. The van der Waals surface area contributed by atoms with Crippen molar-refractivity contribution < 1.29 is 14.3 Å². The van der Waals surface area contributed by atoms with Crippen molar-refractivity contribution in [2.75, 3.05) is 0 Å². The van der Waals surface area contributed by atoms with Crippen LogP contribution in [0.1, 0.15) is 10.4 Å². The zero-order valence-electron chi connectivity index (χ0n) is 9.18. The van der Waals surface area contributed by atoms with Crippen molar-refractivity contribution in [3.05, 3.63) is 38.1 Å². The van der Waals surface area contributed by atoms with Gasteiger partial charge in [-0.25, -0.2) is 9.78 Å². The molecule has 19 heavy (non-hydrogen) atoms. The molecule has 4 nitrogen and oxygen atoms in total. The number of thiophene rings is 1. The quantitative estimate of drug-likeness (QED) is 0.669. The molecule has 96 valence electrons. The molecule has 0 aliphatic carbocycles. The van der Waals surface area contributed by atoms with Gasteiger partial charge in [-0.3, -0.25) is 0 Å². The first-order chi connectivity index (χ1) is 9.06. The molecule has 3 rings (SSSR count). The average molecular weight is 403 g/mol. The third kappa shape index (κ3) is 2.22. The van der Waals surface area contributed by atoms with E-state index >= 15 is 0 Å². The highest BCUT2D eigenvalue weighted by Gasteiger charge is 2.17. The molecule has 0 saturated carbocycles. The van der Waals surface area contributed by atoms with Crippen molar-refractivity contribution in [2.45, 2.75) is 0 Å². The van der Waals surface area contributed by atoms with E-state index in [1.165, 1.54) is 17.4 Å². The van der Waals surface area contributed by atoms with Gasteiger partial charge in [0, 0.05) is 4.47 Å². The number of carbonyl (C=O) groups is 1. The van der Waals surface area contributed by atoms with Crippen LogP contribution < -0.4 is 0 Å². The fraction of sp³-hybridized carbons (Fsp3) is 0. The van der Waals surface area contributed by atoms with Gasteiger partial charge in [-0.15, -0.1) is 11.3 Å². The number of para-hydroxylation sites is 1. The molecule has 2 aromatic heterocycles. The number of hydrogen-bond acceptors (Lipinski definition) is 4. The van der Waals surface area contributed by atoms with E-state index < -0.39 is 5.97 Å². The SMILES string of the molecule is O=C(O)c1cccc2oc(-c3cc(Br)c(Br)s3)nc12. The Hall–Kier alpha value is -1.18. The standard InChI is InChI=1S/C12H5Br2NO3S/c13-6-4-8(19-10(6)14)11-15-9-5(12(16)17)2-1-3-7(9)18-11/h1-4H,(H,16,17). The molecule has 7 heteroatoms. The maximum atomic E-state index is 11.1. The smallest absolute Gasteiger partial charge is 0.338 e. The maximum absolute atomic E-state index is 11.1. The van der Waals surface area contributed by atoms with Crippen molar-refractivity contribution >= 4 is 60.3 Å². The number of rotatable bonds is 2. The summed E-state index contributed by atoms with van der Waals surface area (Å²) < 4.78 is 7.45. The predicted octanol–water partition coefficient (Wildman–Crippen LogP) is 4.78. The minimum Gasteiger partial charge on any atom is -0.478 e. The molecule has 0 bridgehead atoms. The summed E-state index contributed by atoms with van der Waals surface area (Å²) in [7, 11) is 0. The molecule has 0 fully saturated rings. The number of carboxylic acids is 1. The van der Waals surface area contributed by atoms with Crippen LogP contribution in [-0.4, -0.2) is 16.1 Å². The molecule has 0 unspecified atom stereocenters. The Morgan fingerprint density at radius 2 is 2.16 bits per heavy atom. The summed E-state index contributed by atoms with van der Waals surface area (Å²) in [6.07, 6.45) is 0. The molecule has 3 aromatic rings. The molecule has 0 atom stereocenters. The van der Waals surface area contributed by atoms with Crippen LogP contribution in [0.4, 0.5) is 0 Å². The number of fused-ring (bicyclic) bond motifs is 1. The fourth-order valence-corrected chi connectivity index (χ4v) is 3.64. The van der Waals surface area contributed by atoms with Gasteiger partial charge >= 0.3 is 5.97 Å². The second-order valence-electron chi connectivity index (χ2n) is 3.71. The Labute approximate surface area is 128 Å². The first kappa shape index (κ1) is 12.8. The summed E-state index contributed by atoms with van der Waals surface area (Å²) in [6, 6.07) is 6.73.